The number of amides is 1. The zero-order valence-corrected chi connectivity index (χ0v) is 19.7. The molecular formula is C26H27N5O4. The van der Waals surface area contributed by atoms with Crippen LogP contribution in [0.1, 0.15) is 48.1 Å². The highest BCUT2D eigenvalue weighted by Gasteiger charge is 2.25. The molecule has 3 aromatic heterocycles. The van der Waals surface area contributed by atoms with Gasteiger partial charge >= 0.3 is 0 Å². The molecular weight excluding hydrogens is 446 g/mol. The second-order valence-electron chi connectivity index (χ2n) is 8.92. The van der Waals surface area contributed by atoms with Crippen LogP contribution in [-0.4, -0.2) is 31.9 Å². The molecule has 0 aliphatic heterocycles. The van der Waals surface area contributed by atoms with E-state index < -0.39 is 5.91 Å². The number of rotatable bonds is 5. The van der Waals surface area contributed by atoms with E-state index in [2.05, 4.69) is 5.32 Å². The van der Waals surface area contributed by atoms with E-state index in [1.807, 2.05) is 27.7 Å². The van der Waals surface area contributed by atoms with Crippen molar-refractivity contribution in [3.05, 3.63) is 87.3 Å². The topological polar surface area (TPSA) is 100 Å². The third kappa shape index (κ3) is 4.37. The lowest BCUT2D eigenvalue weighted by Gasteiger charge is -2.29. The number of fused-ring (bicyclic) bond motifs is 1. The molecule has 0 unspecified atom stereocenters. The van der Waals surface area contributed by atoms with Crippen molar-refractivity contribution in [2.24, 2.45) is 7.05 Å². The van der Waals surface area contributed by atoms with Crippen LogP contribution in [0, 0.1) is 0 Å². The van der Waals surface area contributed by atoms with Crippen LogP contribution in [0.25, 0.3) is 10.9 Å². The molecule has 9 nitrogen and oxygen atoms in total. The minimum Gasteiger partial charge on any atom is -0.496 e. The molecule has 1 amide bonds. The number of nitrogens with one attached hydrogen (secondary N) is 1. The molecule has 9 heteroatoms. The number of aromatic nitrogens is 4. The molecule has 1 fully saturated rings. The SMILES string of the molecule is COc1cc2nn([C@H]3CC[C@H](n4ccccc4=O)CC3)cc2cc1C(=O)Nc1cccn(C)c1=O. The summed E-state index contributed by atoms with van der Waals surface area (Å²) in [5.41, 5.74) is 1.01. The standard InChI is InChI=1S/C26H27N5O4/c1-29-12-5-6-21(26(29)34)27-25(33)20-14-17-16-31(28-22(17)15-23(20)35-2)19-10-8-18(9-11-19)30-13-4-3-7-24(30)32/h3-7,12-16,18-19H,8-11H2,1-2H3,(H,27,33)/t18-,19-. The van der Waals surface area contributed by atoms with Gasteiger partial charge in [0.15, 0.2) is 0 Å². The number of pyridine rings is 2. The number of ether oxygens (including phenoxy) is 1. The molecule has 0 spiro atoms. The fraction of sp³-hybridized carbons (Fsp3) is 0.308. The molecule has 0 bridgehead atoms. The first-order valence-corrected chi connectivity index (χ1v) is 11.7. The molecule has 3 heterocycles. The third-order valence-electron chi connectivity index (χ3n) is 6.74. The van der Waals surface area contributed by atoms with Gasteiger partial charge in [-0.05, 0) is 49.9 Å². The predicted octanol–water partition coefficient (Wildman–Crippen LogP) is 3.51. The number of carbonyl (C=O) groups is 1. The average Bonchev–Trinajstić information content (AvgIpc) is 3.29. The van der Waals surface area contributed by atoms with Gasteiger partial charge in [-0.25, -0.2) is 0 Å². The van der Waals surface area contributed by atoms with Gasteiger partial charge in [0.2, 0.25) is 0 Å². The van der Waals surface area contributed by atoms with Gasteiger partial charge in [0.25, 0.3) is 17.0 Å². The van der Waals surface area contributed by atoms with E-state index in [0.29, 0.717) is 11.3 Å². The van der Waals surface area contributed by atoms with Crippen LogP contribution >= 0.6 is 0 Å². The Morgan fingerprint density at radius 3 is 2.54 bits per heavy atom. The van der Waals surface area contributed by atoms with Crippen molar-refractivity contribution in [1.29, 1.82) is 0 Å². The summed E-state index contributed by atoms with van der Waals surface area (Å²) in [5, 5.41) is 8.27. The van der Waals surface area contributed by atoms with Crippen LogP contribution in [0.3, 0.4) is 0 Å². The Morgan fingerprint density at radius 1 is 1.03 bits per heavy atom. The Morgan fingerprint density at radius 2 is 1.80 bits per heavy atom. The van der Waals surface area contributed by atoms with Crippen molar-refractivity contribution < 1.29 is 9.53 Å². The van der Waals surface area contributed by atoms with Gasteiger partial charge in [0.1, 0.15) is 11.4 Å². The molecule has 180 valence electrons. The monoisotopic (exact) mass is 473 g/mol. The average molecular weight is 474 g/mol. The van der Waals surface area contributed by atoms with Crippen molar-refractivity contribution in [3.63, 3.8) is 0 Å². The first-order chi connectivity index (χ1) is 16.9. The normalized spacial score (nSPS) is 17.9. The van der Waals surface area contributed by atoms with E-state index in [1.165, 1.54) is 11.7 Å². The maximum atomic E-state index is 13.0. The number of aryl methyl sites for hydroxylation is 1. The molecule has 0 radical (unpaired) electrons. The minimum absolute atomic E-state index is 0.0343. The molecule has 1 N–H and O–H groups in total. The fourth-order valence-electron chi connectivity index (χ4n) is 4.83. The van der Waals surface area contributed by atoms with Gasteiger partial charge < -0.3 is 19.2 Å². The summed E-state index contributed by atoms with van der Waals surface area (Å²) in [5.74, 6) is -0.0335. The smallest absolute Gasteiger partial charge is 0.274 e. The zero-order chi connectivity index (χ0) is 24.5. The largest absolute Gasteiger partial charge is 0.496 e. The highest BCUT2D eigenvalue weighted by atomic mass is 16.5. The number of anilines is 1. The van der Waals surface area contributed by atoms with Crippen molar-refractivity contribution >= 4 is 22.5 Å². The Balaban J connectivity index is 1.37. The Hall–Kier alpha value is -4.14. The van der Waals surface area contributed by atoms with Crippen molar-refractivity contribution in [3.8, 4) is 5.75 Å². The number of carbonyl (C=O) groups excluding carboxylic acids is 1. The van der Waals surface area contributed by atoms with Gasteiger partial charge in [0.05, 0.1) is 24.2 Å². The van der Waals surface area contributed by atoms with E-state index in [0.717, 1.165) is 36.6 Å². The molecule has 1 aromatic carbocycles. The van der Waals surface area contributed by atoms with Crippen LogP contribution < -0.4 is 21.2 Å². The molecule has 1 saturated carbocycles. The lowest BCUT2D eigenvalue weighted by molar-refractivity contribution is 0.102. The van der Waals surface area contributed by atoms with Crippen molar-refractivity contribution in [2.45, 2.75) is 37.8 Å². The molecule has 0 atom stereocenters. The van der Waals surface area contributed by atoms with Crippen molar-refractivity contribution in [1.82, 2.24) is 18.9 Å². The van der Waals surface area contributed by atoms with Crippen molar-refractivity contribution in [2.75, 3.05) is 12.4 Å². The maximum absolute atomic E-state index is 13.0. The summed E-state index contributed by atoms with van der Waals surface area (Å²) in [6.45, 7) is 0. The Kier molecular flexibility index (Phi) is 5.98. The van der Waals surface area contributed by atoms with Gasteiger partial charge in [-0.15, -0.1) is 0 Å². The first-order valence-electron chi connectivity index (χ1n) is 11.7. The number of benzene rings is 1. The lowest BCUT2D eigenvalue weighted by atomic mass is 9.91. The van der Waals surface area contributed by atoms with Gasteiger partial charge in [-0.3, -0.25) is 19.1 Å². The number of hydrogen-bond donors (Lipinski definition) is 1. The van der Waals surface area contributed by atoms with E-state index in [1.54, 1.807) is 49.6 Å². The second kappa shape index (κ2) is 9.25. The van der Waals surface area contributed by atoms with Crippen LogP contribution in [0.5, 0.6) is 5.75 Å². The number of methoxy groups -OCH3 is 1. The van der Waals surface area contributed by atoms with Crippen LogP contribution in [0.15, 0.2) is 70.6 Å². The van der Waals surface area contributed by atoms with Crippen LogP contribution in [0.4, 0.5) is 5.69 Å². The predicted molar refractivity (Wildman–Crippen MR) is 133 cm³/mol. The summed E-state index contributed by atoms with van der Waals surface area (Å²) in [7, 11) is 3.13. The Labute approximate surface area is 201 Å². The summed E-state index contributed by atoms with van der Waals surface area (Å²) in [6, 6.07) is 12.4. The Bertz CT molecular complexity index is 1510. The zero-order valence-electron chi connectivity index (χ0n) is 19.7. The summed E-state index contributed by atoms with van der Waals surface area (Å²) < 4.78 is 10.7. The van der Waals surface area contributed by atoms with Crippen LogP contribution in [-0.2, 0) is 7.05 Å². The molecule has 0 saturated heterocycles. The minimum atomic E-state index is -0.423. The summed E-state index contributed by atoms with van der Waals surface area (Å²) in [6.07, 6.45) is 9.04. The molecule has 5 rings (SSSR count). The highest BCUT2D eigenvalue weighted by Crippen LogP contribution is 2.35. The molecule has 4 aromatic rings. The van der Waals surface area contributed by atoms with Gasteiger partial charge in [-0.1, -0.05) is 6.07 Å². The molecule has 35 heavy (non-hydrogen) atoms. The van der Waals surface area contributed by atoms with E-state index in [-0.39, 0.29) is 28.9 Å². The van der Waals surface area contributed by atoms with E-state index >= 15 is 0 Å². The number of nitrogens with zero attached hydrogens (tertiary/aromatic N) is 4. The molecule has 1 aliphatic carbocycles. The summed E-state index contributed by atoms with van der Waals surface area (Å²) >= 11 is 0. The van der Waals surface area contributed by atoms with E-state index in [4.69, 9.17) is 9.84 Å². The lowest BCUT2D eigenvalue weighted by Crippen LogP contribution is -2.27. The maximum Gasteiger partial charge on any atom is 0.274 e. The van der Waals surface area contributed by atoms with Gasteiger partial charge in [0, 0.05) is 49.2 Å². The second-order valence-corrected chi connectivity index (χ2v) is 8.92. The number of hydrogen-bond acceptors (Lipinski definition) is 5. The third-order valence-corrected chi connectivity index (χ3v) is 6.74. The highest BCUT2D eigenvalue weighted by molar-refractivity contribution is 6.08. The molecule has 1 aliphatic rings. The first kappa shape index (κ1) is 22.6. The summed E-state index contributed by atoms with van der Waals surface area (Å²) in [4.78, 5) is 37.5. The quantitative estimate of drug-likeness (QED) is 0.478. The van der Waals surface area contributed by atoms with Crippen LogP contribution in [0.2, 0.25) is 0 Å². The fourth-order valence-corrected chi connectivity index (χ4v) is 4.83. The van der Waals surface area contributed by atoms with Gasteiger partial charge in [-0.2, -0.15) is 5.10 Å². The van der Waals surface area contributed by atoms with E-state index in [9.17, 15) is 14.4 Å².